The first-order chi connectivity index (χ1) is 14.2. The molecule has 0 aliphatic heterocycles. The van der Waals surface area contributed by atoms with Gasteiger partial charge in [-0.2, -0.15) is 5.10 Å². The fraction of sp³-hybridized carbons (Fsp3) is 0.435. The normalized spacial score (nSPS) is 12.5. The molecule has 1 atom stereocenters. The average molecular weight is 410 g/mol. The van der Waals surface area contributed by atoms with Crippen LogP contribution in [0.5, 0.6) is 0 Å². The van der Waals surface area contributed by atoms with Crippen LogP contribution >= 0.6 is 0 Å². The highest BCUT2D eigenvalue weighted by Crippen LogP contribution is 2.21. The minimum absolute atomic E-state index is 0.0595. The molecule has 0 saturated carbocycles. The third-order valence-electron chi connectivity index (χ3n) is 5.74. The summed E-state index contributed by atoms with van der Waals surface area (Å²) in [6.45, 7) is 6.44. The second-order valence-electron chi connectivity index (χ2n) is 8.18. The zero-order chi connectivity index (χ0) is 22.0. The van der Waals surface area contributed by atoms with Crippen LogP contribution in [0.4, 0.5) is 0 Å². The van der Waals surface area contributed by atoms with Gasteiger partial charge in [0.1, 0.15) is 5.65 Å². The lowest BCUT2D eigenvalue weighted by Gasteiger charge is -2.25. The van der Waals surface area contributed by atoms with Gasteiger partial charge < -0.3 is 15.2 Å². The van der Waals surface area contributed by atoms with Crippen molar-refractivity contribution in [2.45, 2.75) is 39.7 Å². The van der Waals surface area contributed by atoms with Crippen molar-refractivity contribution in [1.82, 2.24) is 25.0 Å². The first-order valence-electron chi connectivity index (χ1n) is 10.2. The second kappa shape index (κ2) is 8.83. The highest BCUT2D eigenvalue weighted by molar-refractivity contribution is 5.83. The molecule has 1 amide bonds. The number of nitrogens with one attached hydrogen (secondary N) is 2. The van der Waals surface area contributed by atoms with Crippen molar-refractivity contribution >= 4 is 16.9 Å². The Morgan fingerprint density at radius 2 is 1.87 bits per heavy atom. The number of fused-ring (bicyclic) bond motifs is 1. The Morgan fingerprint density at radius 3 is 2.50 bits per heavy atom. The first-order valence-corrected chi connectivity index (χ1v) is 10.2. The van der Waals surface area contributed by atoms with E-state index in [1.807, 2.05) is 35.0 Å². The van der Waals surface area contributed by atoms with E-state index in [1.165, 1.54) is 5.56 Å². The lowest BCUT2D eigenvalue weighted by molar-refractivity contribution is -0.121. The van der Waals surface area contributed by atoms with Gasteiger partial charge in [0.15, 0.2) is 0 Å². The van der Waals surface area contributed by atoms with E-state index < -0.39 is 0 Å². The topological polar surface area (TPSA) is 83.0 Å². The Morgan fingerprint density at radius 1 is 1.20 bits per heavy atom. The Labute approximate surface area is 177 Å². The van der Waals surface area contributed by atoms with Gasteiger partial charge in [0, 0.05) is 31.0 Å². The number of hydrogen-bond donors (Lipinski definition) is 2. The maximum absolute atomic E-state index is 12.6. The van der Waals surface area contributed by atoms with E-state index in [1.54, 1.807) is 4.68 Å². The van der Waals surface area contributed by atoms with Crippen LogP contribution in [-0.4, -0.2) is 46.2 Å². The van der Waals surface area contributed by atoms with Crippen LogP contribution in [0.3, 0.4) is 0 Å². The van der Waals surface area contributed by atoms with E-state index >= 15 is 0 Å². The summed E-state index contributed by atoms with van der Waals surface area (Å²) in [6, 6.07) is 8.45. The zero-order valence-electron chi connectivity index (χ0n) is 18.7. The van der Waals surface area contributed by atoms with Crippen molar-refractivity contribution < 1.29 is 4.79 Å². The fourth-order valence-corrected chi connectivity index (χ4v) is 3.98. The Hall–Kier alpha value is -2.93. The predicted molar refractivity (Wildman–Crippen MR) is 120 cm³/mol. The van der Waals surface area contributed by atoms with Crippen molar-refractivity contribution in [3.05, 3.63) is 62.6 Å². The Bertz CT molecular complexity index is 1110. The molecule has 3 aromatic rings. The Balaban J connectivity index is 1.68. The molecule has 160 valence electrons. The van der Waals surface area contributed by atoms with Gasteiger partial charge >= 0.3 is 0 Å². The summed E-state index contributed by atoms with van der Waals surface area (Å²) in [5, 5.41) is 8.38. The van der Waals surface area contributed by atoms with Crippen molar-refractivity contribution in [3.8, 4) is 0 Å². The molecule has 2 heterocycles. The highest BCUT2D eigenvalue weighted by atomic mass is 16.1. The minimum Gasteiger partial charge on any atom is -0.354 e. The molecule has 0 aliphatic rings. The van der Waals surface area contributed by atoms with E-state index in [0.717, 1.165) is 27.9 Å². The van der Waals surface area contributed by atoms with Crippen molar-refractivity contribution in [3.63, 3.8) is 0 Å². The standard InChI is InChI=1S/C23H31N5O2/c1-14-7-9-17(10-8-14)19(27(4)5)13-24-20(29)12-11-18-15(2)21-16(3)26-28(6)22(21)25-23(18)30/h7-10,19H,11-13H2,1-6H3,(H,24,29)(H,25,30). The molecule has 0 bridgehead atoms. The number of H-pyrrole nitrogens is 1. The average Bonchev–Trinajstić information content (AvgIpc) is 2.96. The SMILES string of the molecule is Cc1ccc(C(CNC(=O)CCc2c(C)c3c(C)nn(C)c3[nH]c2=O)N(C)C)cc1. The summed E-state index contributed by atoms with van der Waals surface area (Å²) >= 11 is 0. The molecule has 1 aromatic carbocycles. The van der Waals surface area contributed by atoms with Crippen LogP contribution in [0.1, 0.15) is 40.4 Å². The molecule has 0 fully saturated rings. The van der Waals surface area contributed by atoms with Gasteiger partial charge in [-0.3, -0.25) is 14.3 Å². The van der Waals surface area contributed by atoms with Gasteiger partial charge in [0.2, 0.25) is 5.91 Å². The van der Waals surface area contributed by atoms with Gasteiger partial charge in [0.05, 0.1) is 11.7 Å². The minimum atomic E-state index is -0.151. The van der Waals surface area contributed by atoms with Crippen LogP contribution in [-0.2, 0) is 18.3 Å². The van der Waals surface area contributed by atoms with Gasteiger partial charge in [0.25, 0.3) is 5.56 Å². The number of hydrogen-bond acceptors (Lipinski definition) is 4. The van der Waals surface area contributed by atoms with Crippen LogP contribution in [0.2, 0.25) is 0 Å². The number of nitrogens with zero attached hydrogens (tertiary/aromatic N) is 3. The van der Waals surface area contributed by atoms with Crippen molar-refractivity contribution in [2.75, 3.05) is 20.6 Å². The van der Waals surface area contributed by atoms with Crippen LogP contribution in [0, 0.1) is 20.8 Å². The molecule has 0 saturated heterocycles. The van der Waals surface area contributed by atoms with Crippen molar-refractivity contribution in [2.24, 2.45) is 7.05 Å². The summed E-state index contributed by atoms with van der Waals surface area (Å²) in [4.78, 5) is 30.1. The summed E-state index contributed by atoms with van der Waals surface area (Å²) in [5.41, 5.74) is 5.36. The lowest BCUT2D eigenvalue weighted by atomic mass is 10.0. The van der Waals surface area contributed by atoms with Crippen LogP contribution < -0.4 is 10.9 Å². The third kappa shape index (κ3) is 4.46. The van der Waals surface area contributed by atoms with E-state index in [-0.39, 0.29) is 23.9 Å². The molecule has 7 heteroatoms. The van der Waals surface area contributed by atoms with E-state index in [0.29, 0.717) is 18.5 Å². The smallest absolute Gasteiger partial charge is 0.253 e. The molecule has 30 heavy (non-hydrogen) atoms. The van der Waals surface area contributed by atoms with Crippen LogP contribution in [0.25, 0.3) is 11.0 Å². The molecule has 3 rings (SSSR count). The number of pyridine rings is 1. The second-order valence-corrected chi connectivity index (χ2v) is 8.18. The molecule has 1 unspecified atom stereocenters. The monoisotopic (exact) mass is 409 g/mol. The van der Waals surface area contributed by atoms with Crippen molar-refractivity contribution in [1.29, 1.82) is 0 Å². The molecule has 0 radical (unpaired) electrons. The summed E-state index contributed by atoms with van der Waals surface area (Å²) in [6.07, 6.45) is 0.664. The molecule has 2 aromatic heterocycles. The summed E-state index contributed by atoms with van der Waals surface area (Å²) in [7, 11) is 5.82. The quantitative estimate of drug-likeness (QED) is 0.628. The van der Waals surface area contributed by atoms with E-state index in [2.05, 4.69) is 51.5 Å². The molecule has 0 aliphatic carbocycles. The number of benzene rings is 1. The number of carbonyl (C=O) groups excluding carboxylic acids is 1. The number of rotatable bonds is 7. The van der Waals surface area contributed by atoms with E-state index in [4.69, 9.17) is 0 Å². The maximum atomic E-state index is 12.6. The number of aryl methyl sites for hydroxylation is 4. The fourth-order valence-electron chi connectivity index (χ4n) is 3.98. The molecule has 2 N–H and O–H groups in total. The highest BCUT2D eigenvalue weighted by Gasteiger charge is 2.18. The van der Waals surface area contributed by atoms with Crippen LogP contribution in [0.15, 0.2) is 29.1 Å². The molecule has 7 nitrogen and oxygen atoms in total. The molecular formula is C23H31N5O2. The number of amides is 1. The predicted octanol–water partition coefficient (Wildman–Crippen LogP) is 2.54. The van der Waals surface area contributed by atoms with Gasteiger partial charge in [-0.15, -0.1) is 0 Å². The number of likely N-dealkylation sites (N-methyl/N-ethyl adjacent to an activating group) is 1. The number of aromatic amines is 1. The molecule has 0 spiro atoms. The molecular weight excluding hydrogens is 378 g/mol. The largest absolute Gasteiger partial charge is 0.354 e. The number of aromatic nitrogens is 3. The third-order valence-corrected chi connectivity index (χ3v) is 5.74. The number of carbonyl (C=O) groups is 1. The summed E-state index contributed by atoms with van der Waals surface area (Å²) in [5.74, 6) is -0.0595. The lowest BCUT2D eigenvalue weighted by Crippen LogP contribution is -2.34. The summed E-state index contributed by atoms with van der Waals surface area (Å²) < 4.78 is 1.68. The maximum Gasteiger partial charge on any atom is 0.253 e. The van der Waals surface area contributed by atoms with Gasteiger partial charge in [-0.05, 0) is 52.4 Å². The zero-order valence-corrected chi connectivity index (χ0v) is 18.7. The van der Waals surface area contributed by atoms with Gasteiger partial charge in [-0.25, -0.2) is 0 Å². The Kier molecular flexibility index (Phi) is 6.41. The first kappa shape index (κ1) is 21.8. The van der Waals surface area contributed by atoms with E-state index in [9.17, 15) is 9.59 Å². The van der Waals surface area contributed by atoms with Gasteiger partial charge in [-0.1, -0.05) is 29.8 Å².